The summed E-state index contributed by atoms with van der Waals surface area (Å²) in [5.41, 5.74) is 0. The van der Waals surface area contributed by atoms with E-state index in [1.807, 2.05) is 0 Å². The highest BCUT2D eigenvalue weighted by atomic mass is 32.2. The number of rotatable bonds is 3. The van der Waals surface area contributed by atoms with Crippen LogP contribution in [-0.4, -0.2) is 54.8 Å². The number of morpholine rings is 1. The maximum Gasteiger partial charge on any atom is 0.320 e. The third-order valence-corrected chi connectivity index (χ3v) is 4.87. The molecule has 0 amide bonds. The molecule has 1 saturated heterocycles. The zero-order valence-electron chi connectivity index (χ0n) is 8.83. The van der Waals surface area contributed by atoms with E-state index in [1.165, 1.54) is 4.31 Å². The summed E-state index contributed by atoms with van der Waals surface area (Å²) in [6, 6.07) is -0.155. The normalized spacial score (nSPS) is 31.2. The first-order valence-electron chi connectivity index (χ1n) is 5.33. The second-order valence-electron chi connectivity index (χ2n) is 4.17. The van der Waals surface area contributed by atoms with Crippen molar-refractivity contribution in [2.75, 3.05) is 18.9 Å². The Morgan fingerprint density at radius 2 is 2.19 bits per heavy atom. The highest BCUT2D eigenvalue weighted by molar-refractivity contribution is 7.89. The van der Waals surface area contributed by atoms with Crippen molar-refractivity contribution in [3.05, 3.63) is 0 Å². The second kappa shape index (κ2) is 4.31. The highest BCUT2D eigenvalue weighted by Crippen LogP contribution is 2.31. The van der Waals surface area contributed by atoms with E-state index in [2.05, 4.69) is 0 Å². The van der Waals surface area contributed by atoms with Crippen molar-refractivity contribution >= 4 is 16.0 Å². The van der Waals surface area contributed by atoms with Crippen molar-refractivity contribution in [1.82, 2.24) is 4.31 Å². The second-order valence-corrected chi connectivity index (χ2v) is 6.09. The lowest BCUT2D eigenvalue weighted by Gasteiger charge is -2.36. The lowest BCUT2D eigenvalue weighted by atomic mass is 10.2. The van der Waals surface area contributed by atoms with Gasteiger partial charge in [-0.3, -0.25) is 4.79 Å². The van der Waals surface area contributed by atoms with Crippen molar-refractivity contribution in [3.63, 3.8) is 0 Å². The quantitative estimate of drug-likeness (QED) is 0.739. The fourth-order valence-electron chi connectivity index (χ4n) is 2.47. The molecule has 1 N–H and O–H groups in total. The van der Waals surface area contributed by atoms with Gasteiger partial charge in [-0.05, 0) is 19.3 Å². The molecule has 2 fully saturated rings. The zero-order valence-corrected chi connectivity index (χ0v) is 9.65. The lowest BCUT2D eigenvalue weighted by molar-refractivity contribution is -0.134. The van der Waals surface area contributed by atoms with Crippen LogP contribution in [0.1, 0.15) is 19.3 Å². The summed E-state index contributed by atoms with van der Waals surface area (Å²) in [6.45, 7) is 0.636. The van der Waals surface area contributed by atoms with Crippen molar-refractivity contribution < 1.29 is 23.1 Å². The number of hydrogen-bond donors (Lipinski definition) is 1. The minimum atomic E-state index is -3.68. The number of sulfonamides is 1. The molecule has 2 aliphatic rings. The van der Waals surface area contributed by atoms with Gasteiger partial charge < -0.3 is 9.84 Å². The van der Waals surface area contributed by atoms with Crippen LogP contribution in [-0.2, 0) is 19.6 Å². The predicted octanol–water partition coefficient (Wildman–Crippen LogP) is -0.346. The van der Waals surface area contributed by atoms with E-state index in [0.29, 0.717) is 6.61 Å². The number of carboxylic acid groups (broad SMARTS) is 1. The summed E-state index contributed by atoms with van der Waals surface area (Å²) < 4.78 is 30.5. The summed E-state index contributed by atoms with van der Waals surface area (Å²) in [5, 5.41) is 8.58. The van der Waals surface area contributed by atoms with Crippen LogP contribution in [0.25, 0.3) is 0 Å². The van der Waals surface area contributed by atoms with Crippen LogP contribution in [0.3, 0.4) is 0 Å². The lowest BCUT2D eigenvalue weighted by Crippen LogP contribution is -2.52. The number of nitrogens with zero attached hydrogens (tertiary/aromatic N) is 1. The Balaban J connectivity index is 2.16. The summed E-state index contributed by atoms with van der Waals surface area (Å²) >= 11 is 0. The van der Waals surface area contributed by atoms with Gasteiger partial charge in [0.1, 0.15) is 0 Å². The molecule has 7 heteroatoms. The minimum Gasteiger partial charge on any atom is -0.480 e. The topological polar surface area (TPSA) is 83.9 Å². The van der Waals surface area contributed by atoms with E-state index >= 15 is 0 Å². The Bertz CT molecular complexity index is 379. The van der Waals surface area contributed by atoms with E-state index in [0.717, 1.165) is 19.3 Å². The third kappa shape index (κ3) is 2.21. The van der Waals surface area contributed by atoms with E-state index in [-0.39, 0.29) is 18.7 Å². The van der Waals surface area contributed by atoms with Gasteiger partial charge in [-0.15, -0.1) is 0 Å². The molecule has 2 rings (SSSR count). The molecular weight excluding hydrogens is 234 g/mol. The van der Waals surface area contributed by atoms with Crippen molar-refractivity contribution in [1.29, 1.82) is 0 Å². The van der Waals surface area contributed by atoms with Crippen molar-refractivity contribution in [2.45, 2.75) is 31.4 Å². The van der Waals surface area contributed by atoms with Crippen LogP contribution in [0.2, 0.25) is 0 Å². The number of carboxylic acids is 1. The molecule has 0 bridgehead atoms. The fourth-order valence-corrected chi connectivity index (χ4v) is 3.96. The van der Waals surface area contributed by atoms with Crippen LogP contribution >= 0.6 is 0 Å². The van der Waals surface area contributed by atoms with Gasteiger partial charge in [-0.1, -0.05) is 0 Å². The molecule has 0 aromatic heterocycles. The van der Waals surface area contributed by atoms with Crippen LogP contribution in [0.5, 0.6) is 0 Å². The number of hydrogen-bond acceptors (Lipinski definition) is 4. The molecule has 0 aromatic rings. The first-order chi connectivity index (χ1) is 7.50. The Morgan fingerprint density at radius 3 is 2.88 bits per heavy atom. The van der Waals surface area contributed by atoms with Gasteiger partial charge in [0.2, 0.25) is 10.0 Å². The molecule has 2 unspecified atom stereocenters. The highest BCUT2D eigenvalue weighted by Gasteiger charge is 2.42. The molecule has 0 radical (unpaired) electrons. The van der Waals surface area contributed by atoms with E-state index < -0.39 is 21.7 Å². The molecule has 1 heterocycles. The van der Waals surface area contributed by atoms with Gasteiger partial charge in [0, 0.05) is 6.54 Å². The van der Waals surface area contributed by atoms with Gasteiger partial charge in [0.15, 0.2) is 5.75 Å². The largest absolute Gasteiger partial charge is 0.480 e. The monoisotopic (exact) mass is 249 g/mol. The molecule has 92 valence electrons. The van der Waals surface area contributed by atoms with Gasteiger partial charge in [-0.25, -0.2) is 8.42 Å². The average Bonchev–Trinajstić information content (AvgIpc) is 2.62. The minimum absolute atomic E-state index is 0.0441. The van der Waals surface area contributed by atoms with Crippen molar-refractivity contribution in [3.8, 4) is 0 Å². The average molecular weight is 249 g/mol. The standard InChI is InChI=1S/C9H15NO5S/c11-9(12)6-16(13,14)10-4-5-15-8-3-1-2-7(8)10/h7-8H,1-6H2,(H,11,12). The molecule has 16 heavy (non-hydrogen) atoms. The molecule has 1 aliphatic carbocycles. The molecule has 1 saturated carbocycles. The van der Waals surface area contributed by atoms with Gasteiger partial charge in [0.05, 0.1) is 18.8 Å². The fraction of sp³-hybridized carbons (Fsp3) is 0.889. The third-order valence-electron chi connectivity index (χ3n) is 3.09. The predicted molar refractivity (Wildman–Crippen MR) is 55.5 cm³/mol. The molecular formula is C9H15NO5S. The molecule has 6 nitrogen and oxygen atoms in total. The Morgan fingerprint density at radius 1 is 1.44 bits per heavy atom. The van der Waals surface area contributed by atoms with Crippen LogP contribution in [0.15, 0.2) is 0 Å². The van der Waals surface area contributed by atoms with E-state index in [1.54, 1.807) is 0 Å². The first kappa shape index (κ1) is 11.8. The Hall–Kier alpha value is -0.660. The van der Waals surface area contributed by atoms with Crippen molar-refractivity contribution in [2.24, 2.45) is 0 Å². The summed E-state index contributed by atoms with van der Waals surface area (Å²) in [7, 11) is -3.68. The number of ether oxygens (including phenoxy) is 1. The molecule has 0 spiro atoms. The summed E-state index contributed by atoms with van der Waals surface area (Å²) in [5.74, 6) is -2.13. The Kier molecular flexibility index (Phi) is 3.18. The maximum absolute atomic E-state index is 11.8. The zero-order chi connectivity index (χ0) is 11.8. The molecule has 1 aliphatic heterocycles. The number of fused-ring (bicyclic) bond motifs is 1. The summed E-state index contributed by atoms with van der Waals surface area (Å²) in [6.07, 6.45) is 2.53. The summed E-state index contributed by atoms with van der Waals surface area (Å²) in [4.78, 5) is 10.5. The van der Waals surface area contributed by atoms with Gasteiger partial charge in [-0.2, -0.15) is 4.31 Å². The Labute approximate surface area is 94.2 Å². The van der Waals surface area contributed by atoms with Gasteiger partial charge in [0.25, 0.3) is 0 Å². The number of aliphatic carboxylic acids is 1. The van der Waals surface area contributed by atoms with Crippen LogP contribution in [0.4, 0.5) is 0 Å². The van der Waals surface area contributed by atoms with Crippen LogP contribution in [0, 0.1) is 0 Å². The maximum atomic E-state index is 11.8. The SMILES string of the molecule is O=C(O)CS(=O)(=O)N1CCOC2CCCC21. The smallest absolute Gasteiger partial charge is 0.320 e. The van der Waals surface area contributed by atoms with Gasteiger partial charge >= 0.3 is 5.97 Å². The van der Waals surface area contributed by atoms with Crippen LogP contribution < -0.4 is 0 Å². The van der Waals surface area contributed by atoms with E-state index in [9.17, 15) is 13.2 Å². The molecule has 0 aromatic carbocycles. The number of carbonyl (C=O) groups is 1. The molecule has 2 atom stereocenters. The first-order valence-corrected chi connectivity index (χ1v) is 6.94. The van der Waals surface area contributed by atoms with E-state index in [4.69, 9.17) is 9.84 Å².